The van der Waals surface area contributed by atoms with Crippen molar-refractivity contribution in [1.29, 1.82) is 0 Å². The zero-order valence-electron chi connectivity index (χ0n) is 19.5. The van der Waals surface area contributed by atoms with Crippen LogP contribution in [-0.2, 0) is 32.0 Å². The number of carboxylic acid groups (broad SMARTS) is 1. The van der Waals surface area contributed by atoms with E-state index in [2.05, 4.69) is 35.9 Å². The zero-order chi connectivity index (χ0) is 26.0. The number of aromatic amines is 2. The van der Waals surface area contributed by atoms with Crippen molar-refractivity contribution < 1.29 is 29.4 Å². The number of carbonyl (C=O) groups excluding carboxylic acids is 3. The van der Waals surface area contributed by atoms with Crippen molar-refractivity contribution in [3.8, 4) is 0 Å². The van der Waals surface area contributed by atoms with Gasteiger partial charge in [0.2, 0.25) is 17.7 Å². The van der Waals surface area contributed by atoms with Gasteiger partial charge in [0, 0.05) is 36.6 Å². The first-order chi connectivity index (χ1) is 16.7. The maximum Gasteiger partial charge on any atom is 0.328 e. The lowest BCUT2D eigenvalue weighted by atomic mass is 9.97. The Morgan fingerprint density at radius 1 is 0.943 bits per heavy atom. The molecule has 0 aromatic carbocycles. The van der Waals surface area contributed by atoms with E-state index in [9.17, 15) is 24.3 Å². The van der Waals surface area contributed by atoms with Crippen LogP contribution in [0.25, 0.3) is 0 Å². The minimum Gasteiger partial charge on any atom is -0.480 e. The first kappa shape index (κ1) is 27.5. The van der Waals surface area contributed by atoms with Crippen LogP contribution in [0.1, 0.15) is 31.7 Å². The molecule has 0 radical (unpaired) electrons. The maximum absolute atomic E-state index is 13.2. The highest BCUT2D eigenvalue weighted by molar-refractivity contribution is 5.94. The molecular weight excluding hydrogens is 460 g/mol. The van der Waals surface area contributed by atoms with Crippen molar-refractivity contribution in [3.05, 3.63) is 36.4 Å². The lowest BCUT2D eigenvalue weighted by Crippen LogP contribution is -2.59. The highest BCUT2D eigenvalue weighted by Gasteiger charge is 2.33. The molecule has 0 saturated heterocycles. The fourth-order valence-electron chi connectivity index (χ4n) is 3.23. The molecule has 14 heteroatoms. The Kier molecular flexibility index (Phi) is 10.4. The summed E-state index contributed by atoms with van der Waals surface area (Å²) in [5.74, 6) is -3.81. The Morgan fingerprint density at radius 2 is 1.51 bits per heavy atom. The number of nitrogens with two attached hydrogens (primary N) is 1. The smallest absolute Gasteiger partial charge is 0.328 e. The third-order valence-electron chi connectivity index (χ3n) is 5.53. The molecule has 5 atom stereocenters. The van der Waals surface area contributed by atoms with E-state index in [1.54, 1.807) is 13.8 Å². The molecule has 3 amide bonds. The van der Waals surface area contributed by atoms with Crippen LogP contribution in [0.4, 0.5) is 0 Å². The minimum atomic E-state index is -1.52. The second kappa shape index (κ2) is 13.2. The quantitative estimate of drug-likeness (QED) is 0.143. The second-order valence-corrected chi connectivity index (χ2v) is 8.18. The molecule has 0 aliphatic carbocycles. The van der Waals surface area contributed by atoms with Crippen molar-refractivity contribution in [2.75, 3.05) is 6.61 Å². The number of aromatic nitrogens is 4. The van der Waals surface area contributed by atoms with E-state index < -0.39 is 54.5 Å². The van der Waals surface area contributed by atoms with Crippen molar-refractivity contribution in [2.45, 2.75) is 57.3 Å². The number of aliphatic carboxylic acids is 1. The van der Waals surface area contributed by atoms with Gasteiger partial charge in [-0.2, -0.15) is 0 Å². The number of nitrogens with one attached hydrogen (secondary N) is 5. The average molecular weight is 493 g/mol. The Morgan fingerprint density at radius 3 is 2.00 bits per heavy atom. The molecule has 2 aromatic rings. The van der Waals surface area contributed by atoms with Crippen LogP contribution in [-0.4, -0.2) is 84.6 Å². The molecule has 0 fully saturated rings. The number of carboxylic acids is 1. The Labute approximate surface area is 201 Å². The Balaban J connectivity index is 2.16. The Bertz CT molecular complexity index is 965. The summed E-state index contributed by atoms with van der Waals surface area (Å²) in [6, 6.07) is -4.71. The molecule has 5 unspecified atom stereocenters. The molecule has 0 saturated carbocycles. The fraction of sp³-hybridized carbons (Fsp3) is 0.524. The van der Waals surface area contributed by atoms with Gasteiger partial charge in [-0.05, 0) is 5.92 Å². The number of imidazole rings is 2. The van der Waals surface area contributed by atoms with Crippen LogP contribution in [0.5, 0.6) is 0 Å². The summed E-state index contributed by atoms with van der Waals surface area (Å²) < 4.78 is 0. The summed E-state index contributed by atoms with van der Waals surface area (Å²) in [5, 5.41) is 25.8. The predicted octanol–water partition coefficient (Wildman–Crippen LogP) is -2.18. The standard InChI is InChI=1S/C21H32N8O6/c1-3-11(2)17(20(33)28-16(8-30)21(34)35)29-19(32)15(5-13-7-24-10-26-13)27-18(31)14(22)4-12-6-23-9-25-12/h6-7,9-11,14-17,30H,3-5,8,22H2,1-2H3,(H,23,25)(H,24,26)(H,27,31)(H,28,33)(H,29,32)(H,34,35). The third kappa shape index (κ3) is 8.19. The highest BCUT2D eigenvalue weighted by Crippen LogP contribution is 2.10. The van der Waals surface area contributed by atoms with Gasteiger partial charge >= 0.3 is 5.97 Å². The average Bonchev–Trinajstić information content (AvgIpc) is 3.53. The number of carbonyl (C=O) groups is 4. The molecule has 0 spiro atoms. The molecule has 2 rings (SSSR count). The molecule has 0 aliphatic rings. The van der Waals surface area contributed by atoms with Crippen molar-refractivity contribution in [2.24, 2.45) is 11.7 Å². The van der Waals surface area contributed by atoms with E-state index in [1.807, 2.05) is 0 Å². The van der Waals surface area contributed by atoms with E-state index in [0.717, 1.165) is 0 Å². The van der Waals surface area contributed by atoms with Crippen molar-refractivity contribution in [1.82, 2.24) is 35.9 Å². The normalized spacial score (nSPS) is 15.3. The van der Waals surface area contributed by atoms with Crippen molar-refractivity contribution >= 4 is 23.7 Å². The minimum absolute atomic E-state index is 0.0393. The van der Waals surface area contributed by atoms with Crippen LogP contribution >= 0.6 is 0 Å². The van der Waals surface area contributed by atoms with E-state index in [4.69, 9.17) is 10.8 Å². The van der Waals surface area contributed by atoms with Gasteiger partial charge in [-0.25, -0.2) is 14.8 Å². The maximum atomic E-state index is 13.2. The summed E-state index contributed by atoms with van der Waals surface area (Å²) in [7, 11) is 0. The molecular formula is C21H32N8O6. The SMILES string of the molecule is CCC(C)C(NC(=O)C(Cc1cnc[nH]1)NC(=O)C(N)Cc1cnc[nH]1)C(=O)NC(CO)C(=O)O. The van der Waals surface area contributed by atoms with Gasteiger partial charge < -0.3 is 41.9 Å². The summed E-state index contributed by atoms with van der Waals surface area (Å²) in [6.07, 6.45) is 6.61. The van der Waals surface area contributed by atoms with Crippen LogP contribution in [0, 0.1) is 5.92 Å². The number of aliphatic hydroxyl groups excluding tert-OH is 1. The van der Waals surface area contributed by atoms with Crippen molar-refractivity contribution in [3.63, 3.8) is 0 Å². The molecule has 0 aliphatic heterocycles. The van der Waals surface area contributed by atoms with Gasteiger partial charge in [-0.3, -0.25) is 14.4 Å². The summed E-state index contributed by atoms with van der Waals surface area (Å²) in [6.45, 7) is 2.70. The first-order valence-corrected chi connectivity index (χ1v) is 11.1. The van der Waals surface area contributed by atoms with Gasteiger partial charge in [-0.15, -0.1) is 0 Å². The summed E-state index contributed by atoms with van der Waals surface area (Å²) in [5.41, 5.74) is 7.20. The van der Waals surface area contributed by atoms with Gasteiger partial charge in [0.1, 0.15) is 18.1 Å². The largest absolute Gasteiger partial charge is 0.480 e. The monoisotopic (exact) mass is 492 g/mol. The second-order valence-electron chi connectivity index (χ2n) is 8.18. The number of hydrogen-bond acceptors (Lipinski definition) is 8. The Hall–Kier alpha value is -3.78. The van der Waals surface area contributed by atoms with E-state index in [1.165, 1.54) is 25.0 Å². The third-order valence-corrected chi connectivity index (χ3v) is 5.53. The van der Waals surface area contributed by atoms with Gasteiger partial charge in [0.05, 0.1) is 25.3 Å². The number of nitrogens with zero attached hydrogens (tertiary/aromatic N) is 2. The number of hydrogen-bond donors (Lipinski definition) is 8. The van der Waals surface area contributed by atoms with Crippen LogP contribution in [0.2, 0.25) is 0 Å². The van der Waals surface area contributed by atoms with E-state index in [0.29, 0.717) is 17.8 Å². The van der Waals surface area contributed by atoms with Gasteiger partial charge in [0.15, 0.2) is 0 Å². The summed E-state index contributed by atoms with van der Waals surface area (Å²) in [4.78, 5) is 63.4. The molecule has 2 aromatic heterocycles. The fourth-order valence-corrected chi connectivity index (χ4v) is 3.23. The lowest BCUT2D eigenvalue weighted by Gasteiger charge is -2.27. The molecule has 9 N–H and O–H groups in total. The van der Waals surface area contributed by atoms with Crippen LogP contribution < -0.4 is 21.7 Å². The predicted molar refractivity (Wildman–Crippen MR) is 123 cm³/mol. The van der Waals surface area contributed by atoms with Crippen LogP contribution in [0.15, 0.2) is 25.0 Å². The van der Waals surface area contributed by atoms with E-state index in [-0.39, 0.29) is 18.8 Å². The molecule has 14 nitrogen and oxygen atoms in total. The molecule has 0 bridgehead atoms. The molecule has 2 heterocycles. The number of H-pyrrole nitrogens is 2. The van der Waals surface area contributed by atoms with E-state index >= 15 is 0 Å². The number of amides is 3. The molecule has 35 heavy (non-hydrogen) atoms. The number of aliphatic hydroxyl groups is 1. The highest BCUT2D eigenvalue weighted by atomic mass is 16.4. The van der Waals surface area contributed by atoms with Gasteiger partial charge in [-0.1, -0.05) is 20.3 Å². The van der Waals surface area contributed by atoms with Crippen LogP contribution in [0.3, 0.4) is 0 Å². The number of rotatable bonds is 14. The first-order valence-electron chi connectivity index (χ1n) is 11.1. The zero-order valence-corrected chi connectivity index (χ0v) is 19.5. The molecule has 192 valence electrons. The lowest BCUT2D eigenvalue weighted by molar-refractivity contribution is -0.143. The van der Waals surface area contributed by atoms with Gasteiger partial charge in [0.25, 0.3) is 0 Å². The summed E-state index contributed by atoms with van der Waals surface area (Å²) >= 11 is 0. The topological polar surface area (TPSA) is 228 Å².